The van der Waals surface area contributed by atoms with Crippen LogP contribution in [0.1, 0.15) is 10.4 Å². The molecule has 3 rings (SSSR count). The fourth-order valence-corrected chi connectivity index (χ4v) is 4.09. The maximum absolute atomic E-state index is 12.4. The number of anilines is 1. The maximum Gasteiger partial charge on any atom is 0.279 e. The smallest absolute Gasteiger partial charge is 0.279 e. The van der Waals surface area contributed by atoms with Crippen molar-refractivity contribution in [2.45, 2.75) is 13.5 Å². The predicted octanol–water partition coefficient (Wildman–Crippen LogP) is -0.0128. The number of nitrogens with one attached hydrogen (secondary N) is 3. The molecule has 134 valence electrons. The van der Waals surface area contributed by atoms with Crippen LogP contribution in [0.25, 0.3) is 0 Å². The van der Waals surface area contributed by atoms with Crippen LogP contribution in [0, 0.1) is 6.92 Å². The van der Waals surface area contributed by atoms with Crippen LogP contribution < -0.4 is 19.9 Å². The predicted molar refractivity (Wildman–Crippen MR) is 101 cm³/mol. The molecule has 0 aliphatic carbocycles. The van der Waals surface area contributed by atoms with Gasteiger partial charge in [-0.2, -0.15) is 0 Å². The molecule has 0 bridgehead atoms. The molecule has 25 heavy (non-hydrogen) atoms. The Bertz CT molecular complexity index is 695. The van der Waals surface area contributed by atoms with Gasteiger partial charge in [-0.3, -0.25) is 4.79 Å². The highest BCUT2D eigenvalue weighted by Crippen LogP contribution is 2.24. The first kappa shape index (κ1) is 17.9. The highest BCUT2D eigenvalue weighted by molar-refractivity contribution is 7.09. The van der Waals surface area contributed by atoms with Crippen molar-refractivity contribution in [3.63, 3.8) is 0 Å². The molecule has 6 heteroatoms. The number of carbonyl (C=O) groups is 1. The monoisotopic (exact) mass is 361 g/mol. The minimum Gasteiger partial charge on any atom is -0.495 e. The summed E-state index contributed by atoms with van der Waals surface area (Å²) in [7, 11) is 1.63. The Balaban J connectivity index is 1.47. The van der Waals surface area contributed by atoms with Crippen molar-refractivity contribution in [2.24, 2.45) is 0 Å². The second kappa shape index (κ2) is 8.47. The highest BCUT2D eigenvalue weighted by atomic mass is 32.1. The van der Waals surface area contributed by atoms with Gasteiger partial charge >= 0.3 is 0 Å². The van der Waals surface area contributed by atoms with E-state index in [9.17, 15) is 4.79 Å². The second-order valence-electron chi connectivity index (χ2n) is 6.68. The molecule has 0 atom stereocenters. The normalized spacial score (nSPS) is 20.2. The van der Waals surface area contributed by atoms with Crippen molar-refractivity contribution in [1.82, 2.24) is 0 Å². The number of aryl methyl sites for hydroxylation is 1. The lowest BCUT2D eigenvalue weighted by Gasteiger charge is -2.29. The number of piperazine rings is 1. The molecule has 3 N–H and O–H groups in total. The molecule has 0 saturated carbocycles. The summed E-state index contributed by atoms with van der Waals surface area (Å²) in [5, 5.41) is 5.15. The van der Waals surface area contributed by atoms with E-state index in [0.29, 0.717) is 12.3 Å². The molecule has 2 aromatic rings. The third kappa shape index (κ3) is 5.04. The lowest BCUT2D eigenvalue weighted by Crippen LogP contribution is -3.28. The summed E-state index contributed by atoms with van der Waals surface area (Å²) in [6, 6.07) is 10.2. The van der Waals surface area contributed by atoms with Crippen molar-refractivity contribution in [3.8, 4) is 5.75 Å². The average Bonchev–Trinajstić information content (AvgIpc) is 3.10. The molecule has 1 aliphatic rings. The molecule has 5 nitrogen and oxygen atoms in total. The molecule has 1 aromatic carbocycles. The quantitative estimate of drug-likeness (QED) is 0.678. The van der Waals surface area contributed by atoms with Crippen LogP contribution in [-0.4, -0.2) is 45.7 Å². The zero-order valence-corrected chi connectivity index (χ0v) is 15.7. The second-order valence-corrected chi connectivity index (χ2v) is 7.72. The van der Waals surface area contributed by atoms with E-state index in [-0.39, 0.29) is 5.91 Å². The number of hydrogen-bond acceptors (Lipinski definition) is 3. The molecular weight excluding hydrogens is 334 g/mol. The average molecular weight is 362 g/mol. The number of amides is 1. The van der Waals surface area contributed by atoms with Gasteiger partial charge in [0.1, 0.15) is 38.5 Å². The summed E-state index contributed by atoms with van der Waals surface area (Å²) >= 11 is 1.83. The van der Waals surface area contributed by atoms with Crippen LogP contribution >= 0.6 is 11.3 Å². The van der Waals surface area contributed by atoms with Crippen molar-refractivity contribution >= 4 is 22.9 Å². The Morgan fingerprint density at radius 2 is 1.96 bits per heavy atom. The van der Waals surface area contributed by atoms with E-state index in [4.69, 9.17) is 4.74 Å². The minimum absolute atomic E-state index is 0.0561. The lowest BCUT2D eigenvalue weighted by atomic mass is 10.2. The van der Waals surface area contributed by atoms with E-state index in [1.165, 1.54) is 9.78 Å². The number of rotatable bonds is 6. The first-order valence-corrected chi connectivity index (χ1v) is 9.66. The number of ether oxygens (including phenoxy) is 1. The van der Waals surface area contributed by atoms with Crippen LogP contribution in [-0.2, 0) is 11.3 Å². The summed E-state index contributed by atoms with van der Waals surface area (Å²) in [6.45, 7) is 7.96. The largest absolute Gasteiger partial charge is 0.495 e. The molecule has 0 unspecified atom stereocenters. The lowest BCUT2D eigenvalue weighted by molar-refractivity contribution is -1.01. The van der Waals surface area contributed by atoms with Crippen molar-refractivity contribution in [2.75, 3.05) is 45.2 Å². The molecule has 1 saturated heterocycles. The molecule has 1 amide bonds. The SMILES string of the molecule is COc1ccc(C)cc1NC(=O)C[NH+]1CC[NH+](Cc2cccs2)CC1. The molecular formula is C19H27N3O2S+2. The minimum atomic E-state index is 0.0561. The number of quaternary nitrogens is 2. The zero-order chi connectivity index (χ0) is 17.6. The Kier molecular flexibility index (Phi) is 6.07. The molecule has 1 fully saturated rings. The van der Waals surface area contributed by atoms with E-state index in [1.54, 1.807) is 12.0 Å². The van der Waals surface area contributed by atoms with Gasteiger partial charge in [0.25, 0.3) is 5.91 Å². The van der Waals surface area contributed by atoms with Crippen LogP contribution in [0.3, 0.4) is 0 Å². The van der Waals surface area contributed by atoms with Gasteiger partial charge in [0, 0.05) is 0 Å². The summed E-state index contributed by atoms with van der Waals surface area (Å²) in [4.78, 5) is 16.8. The van der Waals surface area contributed by atoms with Crippen LogP contribution in [0.2, 0.25) is 0 Å². The molecule has 0 radical (unpaired) electrons. The summed E-state index contributed by atoms with van der Waals surface area (Å²) in [6.07, 6.45) is 0. The van der Waals surface area contributed by atoms with E-state index >= 15 is 0 Å². The van der Waals surface area contributed by atoms with E-state index < -0.39 is 0 Å². The third-order valence-electron chi connectivity index (χ3n) is 4.71. The molecule has 0 spiro atoms. The first-order chi connectivity index (χ1) is 12.1. The van der Waals surface area contributed by atoms with Crippen molar-refractivity contribution in [3.05, 3.63) is 46.2 Å². The van der Waals surface area contributed by atoms with Gasteiger partial charge in [0.15, 0.2) is 6.54 Å². The van der Waals surface area contributed by atoms with Crippen LogP contribution in [0.5, 0.6) is 5.75 Å². The standard InChI is InChI=1S/C19H25N3O2S/c1-15-5-6-18(24-2)17(12-15)20-19(23)14-22-9-7-21(8-10-22)13-16-4-3-11-25-16/h3-6,11-12H,7-10,13-14H2,1-2H3,(H,20,23)/p+2. The highest BCUT2D eigenvalue weighted by Gasteiger charge is 2.25. The van der Waals surface area contributed by atoms with Gasteiger partial charge in [-0.25, -0.2) is 0 Å². The fourth-order valence-electron chi connectivity index (χ4n) is 3.31. The zero-order valence-electron chi connectivity index (χ0n) is 14.9. The first-order valence-electron chi connectivity index (χ1n) is 8.78. The topological polar surface area (TPSA) is 47.2 Å². The third-order valence-corrected chi connectivity index (χ3v) is 5.58. The van der Waals surface area contributed by atoms with Gasteiger partial charge in [0.05, 0.1) is 17.7 Å². The Morgan fingerprint density at radius 3 is 2.64 bits per heavy atom. The maximum atomic E-state index is 12.4. The Hall–Kier alpha value is -1.89. The van der Waals surface area contributed by atoms with Crippen molar-refractivity contribution < 1.29 is 19.3 Å². The fraction of sp³-hybridized carbons (Fsp3) is 0.421. The van der Waals surface area contributed by atoms with Crippen molar-refractivity contribution in [1.29, 1.82) is 0 Å². The van der Waals surface area contributed by atoms with Crippen LogP contribution in [0.15, 0.2) is 35.7 Å². The molecule has 1 aromatic heterocycles. The summed E-state index contributed by atoms with van der Waals surface area (Å²) < 4.78 is 5.33. The van der Waals surface area contributed by atoms with Gasteiger partial charge in [-0.05, 0) is 36.1 Å². The van der Waals surface area contributed by atoms with Crippen LogP contribution in [0.4, 0.5) is 5.69 Å². The number of carbonyl (C=O) groups excluding carboxylic acids is 1. The van der Waals surface area contributed by atoms with Gasteiger partial charge in [-0.15, -0.1) is 11.3 Å². The number of hydrogen-bond donors (Lipinski definition) is 3. The Labute approximate surface area is 153 Å². The van der Waals surface area contributed by atoms with E-state index in [1.807, 2.05) is 36.5 Å². The Morgan fingerprint density at radius 1 is 1.20 bits per heavy atom. The number of benzene rings is 1. The number of thiophene rings is 1. The van der Waals surface area contributed by atoms with E-state index in [2.05, 4.69) is 22.8 Å². The summed E-state index contributed by atoms with van der Waals surface area (Å²) in [5.74, 6) is 0.764. The number of methoxy groups -OCH3 is 1. The molecule has 1 aliphatic heterocycles. The van der Waals surface area contributed by atoms with Gasteiger partial charge in [0.2, 0.25) is 0 Å². The van der Waals surface area contributed by atoms with Gasteiger partial charge in [-0.1, -0.05) is 12.1 Å². The summed E-state index contributed by atoms with van der Waals surface area (Å²) in [5.41, 5.74) is 1.86. The van der Waals surface area contributed by atoms with Gasteiger partial charge < -0.3 is 19.9 Å². The molecule has 2 heterocycles. The van der Waals surface area contributed by atoms with E-state index in [0.717, 1.165) is 44.0 Å².